The number of amides is 1. The van der Waals surface area contributed by atoms with Crippen LogP contribution in [0.5, 0.6) is 0 Å². The number of nitriles is 1. The molecule has 1 aliphatic rings. The minimum atomic E-state index is -0.0337. The number of rotatable bonds is 1. The molecule has 2 rings (SSSR count). The maximum atomic E-state index is 12.4. The molecule has 94 valence electrons. The fourth-order valence-corrected chi connectivity index (χ4v) is 2.88. The van der Waals surface area contributed by atoms with E-state index in [0.717, 1.165) is 28.3 Å². The van der Waals surface area contributed by atoms with E-state index in [4.69, 9.17) is 5.26 Å². The molecular weight excluding hydrogens is 360 g/mol. The number of likely N-dealkylation sites (tertiary alicyclic amines) is 1. The van der Waals surface area contributed by atoms with E-state index < -0.39 is 0 Å². The first-order valence-electron chi connectivity index (χ1n) is 5.75. The first-order chi connectivity index (χ1) is 8.61. The zero-order valence-electron chi connectivity index (χ0n) is 9.70. The minimum Gasteiger partial charge on any atom is -0.337 e. The van der Waals surface area contributed by atoms with Crippen molar-refractivity contribution in [1.82, 2.24) is 4.90 Å². The van der Waals surface area contributed by atoms with Crippen LogP contribution in [0.1, 0.15) is 23.2 Å². The van der Waals surface area contributed by atoms with Gasteiger partial charge in [-0.1, -0.05) is 15.9 Å². The lowest BCUT2D eigenvalue weighted by Gasteiger charge is -2.30. The predicted molar refractivity (Wildman–Crippen MR) is 76.1 cm³/mol. The summed E-state index contributed by atoms with van der Waals surface area (Å²) in [7, 11) is 0. The van der Waals surface area contributed by atoms with Crippen LogP contribution in [0.15, 0.2) is 27.1 Å². The Bertz CT molecular complexity index is 510. The second kappa shape index (κ2) is 5.85. The molecule has 1 aromatic carbocycles. The van der Waals surface area contributed by atoms with Crippen molar-refractivity contribution in [1.29, 1.82) is 5.26 Å². The van der Waals surface area contributed by atoms with Crippen molar-refractivity contribution in [2.45, 2.75) is 12.8 Å². The van der Waals surface area contributed by atoms with Crippen LogP contribution >= 0.6 is 31.9 Å². The van der Waals surface area contributed by atoms with Crippen LogP contribution < -0.4 is 0 Å². The van der Waals surface area contributed by atoms with Crippen molar-refractivity contribution in [2.24, 2.45) is 5.92 Å². The van der Waals surface area contributed by atoms with Crippen LogP contribution in [0.3, 0.4) is 0 Å². The van der Waals surface area contributed by atoms with Gasteiger partial charge in [0.1, 0.15) is 0 Å². The Kier molecular flexibility index (Phi) is 4.41. The number of halogens is 2. The summed E-state index contributed by atoms with van der Waals surface area (Å²) in [6.07, 6.45) is 1.79. The number of benzene rings is 1. The van der Waals surface area contributed by atoms with Gasteiger partial charge in [-0.2, -0.15) is 5.26 Å². The normalized spacial score (nSPS) is 19.4. The smallest absolute Gasteiger partial charge is 0.255 e. The predicted octanol–water partition coefficient (Wildman–Crippen LogP) is 3.59. The van der Waals surface area contributed by atoms with E-state index in [1.165, 1.54) is 0 Å². The van der Waals surface area contributed by atoms with Crippen molar-refractivity contribution in [2.75, 3.05) is 13.1 Å². The molecule has 0 radical (unpaired) electrons. The second-order valence-corrected chi connectivity index (χ2v) is 6.11. The summed E-state index contributed by atoms with van der Waals surface area (Å²) in [6.45, 7) is 1.27. The van der Waals surface area contributed by atoms with Gasteiger partial charge in [0.15, 0.2) is 0 Å². The highest BCUT2D eigenvalue weighted by atomic mass is 79.9. The Morgan fingerprint density at radius 3 is 2.94 bits per heavy atom. The average molecular weight is 372 g/mol. The molecule has 18 heavy (non-hydrogen) atoms. The fraction of sp³-hybridized carbons (Fsp3) is 0.385. The third-order valence-electron chi connectivity index (χ3n) is 3.05. The summed E-state index contributed by atoms with van der Waals surface area (Å²) >= 11 is 6.77. The summed E-state index contributed by atoms with van der Waals surface area (Å²) in [4.78, 5) is 14.2. The molecule has 1 heterocycles. The fourth-order valence-electron chi connectivity index (χ4n) is 2.10. The summed E-state index contributed by atoms with van der Waals surface area (Å²) in [6, 6.07) is 7.79. The SMILES string of the molecule is N#CC1CCCN(C(=O)c2cc(Br)ccc2Br)C1. The molecule has 0 saturated carbocycles. The topological polar surface area (TPSA) is 44.1 Å². The molecule has 1 atom stereocenters. The van der Waals surface area contributed by atoms with Gasteiger partial charge in [0, 0.05) is 22.0 Å². The Morgan fingerprint density at radius 1 is 1.44 bits per heavy atom. The van der Waals surface area contributed by atoms with E-state index in [1.807, 2.05) is 18.2 Å². The zero-order valence-corrected chi connectivity index (χ0v) is 12.9. The van der Waals surface area contributed by atoms with Gasteiger partial charge in [-0.25, -0.2) is 0 Å². The third-order valence-corrected chi connectivity index (χ3v) is 4.23. The molecule has 3 nitrogen and oxygen atoms in total. The maximum absolute atomic E-state index is 12.4. The van der Waals surface area contributed by atoms with Crippen molar-refractivity contribution >= 4 is 37.8 Å². The lowest BCUT2D eigenvalue weighted by Crippen LogP contribution is -2.39. The number of carbonyl (C=O) groups excluding carboxylic acids is 1. The molecule has 0 spiro atoms. The summed E-state index contributed by atoms with van der Waals surface area (Å²) < 4.78 is 1.66. The lowest BCUT2D eigenvalue weighted by atomic mass is 9.99. The van der Waals surface area contributed by atoms with Crippen molar-refractivity contribution in [3.05, 3.63) is 32.7 Å². The van der Waals surface area contributed by atoms with Crippen LogP contribution in [0.2, 0.25) is 0 Å². The summed E-state index contributed by atoms with van der Waals surface area (Å²) in [5.41, 5.74) is 0.642. The quantitative estimate of drug-likeness (QED) is 0.757. The van der Waals surface area contributed by atoms with Gasteiger partial charge in [0.25, 0.3) is 5.91 Å². The Labute approximate surface area is 123 Å². The first kappa shape index (κ1) is 13.6. The highest BCUT2D eigenvalue weighted by Crippen LogP contribution is 2.25. The molecule has 1 aliphatic heterocycles. The molecule has 0 aliphatic carbocycles. The van der Waals surface area contributed by atoms with E-state index in [9.17, 15) is 4.79 Å². The number of piperidine rings is 1. The minimum absolute atomic E-state index is 0.0110. The number of carbonyl (C=O) groups is 1. The Balaban J connectivity index is 2.21. The van der Waals surface area contributed by atoms with E-state index in [-0.39, 0.29) is 11.8 Å². The molecule has 1 saturated heterocycles. The van der Waals surface area contributed by atoms with Gasteiger partial charge in [-0.15, -0.1) is 0 Å². The van der Waals surface area contributed by atoms with Crippen molar-refractivity contribution in [3.8, 4) is 6.07 Å². The molecule has 1 amide bonds. The second-order valence-electron chi connectivity index (χ2n) is 4.34. The molecule has 0 aromatic heterocycles. The molecule has 1 aromatic rings. The Hall–Kier alpha value is -0.860. The highest BCUT2D eigenvalue weighted by molar-refractivity contribution is 9.11. The van der Waals surface area contributed by atoms with Crippen LogP contribution in [0.25, 0.3) is 0 Å². The average Bonchev–Trinajstić information content (AvgIpc) is 2.41. The van der Waals surface area contributed by atoms with E-state index in [0.29, 0.717) is 12.1 Å². The van der Waals surface area contributed by atoms with Gasteiger partial charge in [-0.05, 0) is 47.0 Å². The standard InChI is InChI=1S/C13H12Br2N2O/c14-10-3-4-12(15)11(6-10)13(18)17-5-1-2-9(7-16)8-17/h3-4,6,9H,1-2,5,8H2. The lowest BCUT2D eigenvalue weighted by molar-refractivity contribution is 0.0698. The molecule has 1 fully saturated rings. The van der Waals surface area contributed by atoms with E-state index in [2.05, 4.69) is 37.9 Å². The van der Waals surface area contributed by atoms with Gasteiger partial charge < -0.3 is 4.90 Å². The third kappa shape index (κ3) is 2.93. The van der Waals surface area contributed by atoms with Gasteiger partial charge in [0.05, 0.1) is 17.6 Å². The monoisotopic (exact) mass is 370 g/mol. The molecule has 0 bridgehead atoms. The van der Waals surface area contributed by atoms with Gasteiger partial charge >= 0.3 is 0 Å². The van der Waals surface area contributed by atoms with Crippen molar-refractivity contribution < 1.29 is 4.79 Å². The largest absolute Gasteiger partial charge is 0.337 e. The maximum Gasteiger partial charge on any atom is 0.255 e. The van der Waals surface area contributed by atoms with Crippen molar-refractivity contribution in [3.63, 3.8) is 0 Å². The number of hydrogen-bond acceptors (Lipinski definition) is 2. The molecule has 0 N–H and O–H groups in total. The number of hydrogen-bond donors (Lipinski definition) is 0. The highest BCUT2D eigenvalue weighted by Gasteiger charge is 2.25. The van der Waals surface area contributed by atoms with Gasteiger partial charge in [0.2, 0.25) is 0 Å². The van der Waals surface area contributed by atoms with Crippen LogP contribution in [0.4, 0.5) is 0 Å². The van der Waals surface area contributed by atoms with Crippen LogP contribution in [-0.4, -0.2) is 23.9 Å². The first-order valence-corrected chi connectivity index (χ1v) is 7.34. The van der Waals surface area contributed by atoms with Crippen LogP contribution in [-0.2, 0) is 0 Å². The molecule has 5 heteroatoms. The van der Waals surface area contributed by atoms with Crippen LogP contribution in [0, 0.1) is 17.2 Å². The summed E-state index contributed by atoms with van der Waals surface area (Å²) in [5.74, 6) is -0.0447. The van der Waals surface area contributed by atoms with E-state index >= 15 is 0 Å². The zero-order chi connectivity index (χ0) is 13.1. The Morgan fingerprint density at radius 2 is 2.22 bits per heavy atom. The van der Waals surface area contributed by atoms with Gasteiger partial charge in [-0.3, -0.25) is 4.79 Å². The molecular formula is C13H12Br2N2O. The summed E-state index contributed by atoms with van der Waals surface area (Å²) in [5, 5.41) is 8.96. The van der Waals surface area contributed by atoms with E-state index in [1.54, 1.807) is 4.90 Å². The molecule has 1 unspecified atom stereocenters. The number of nitrogens with zero attached hydrogens (tertiary/aromatic N) is 2.